The Hall–Kier alpha value is -5.08. The maximum absolute atomic E-state index is 13.3. The van der Waals surface area contributed by atoms with Crippen LogP contribution in [0.25, 0.3) is 0 Å². The molecule has 2 aliphatic rings. The predicted octanol–water partition coefficient (Wildman–Crippen LogP) is 5.78. The molecule has 0 unspecified atom stereocenters. The largest absolute Gasteiger partial charge is 0.478 e. The van der Waals surface area contributed by atoms with Crippen LogP contribution in [0.2, 0.25) is 0 Å². The van der Waals surface area contributed by atoms with Crippen molar-refractivity contribution in [3.8, 4) is 11.5 Å². The number of halogens is 6. The topological polar surface area (TPSA) is 113 Å². The molecule has 15 heteroatoms. The van der Waals surface area contributed by atoms with Gasteiger partial charge in [0.05, 0.1) is 11.1 Å². The Balaban J connectivity index is 1.77. The third-order valence-corrected chi connectivity index (χ3v) is 7.25. The zero-order valence-corrected chi connectivity index (χ0v) is 22.7. The van der Waals surface area contributed by atoms with E-state index in [-0.39, 0.29) is 50.7 Å². The number of ether oxygens (including phenoxy) is 2. The number of carboxylic acids is 1. The summed E-state index contributed by atoms with van der Waals surface area (Å²) in [6.45, 7) is 1.78. The minimum absolute atomic E-state index is 0.0196. The molecule has 3 aromatic carbocycles. The number of nitrogens with zero attached hydrogens (tertiary/aromatic N) is 2. The number of esters is 1. The van der Waals surface area contributed by atoms with Gasteiger partial charge in [-0.05, 0) is 56.3 Å². The highest BCUT2D eigenvalue weighted by molar-refractivity contribution is 6.01. The predicted molar refractivity (Wildman–Crippen MR) is 140 cm³/mol. The average molecular weight is 622 g/mol. The van der Waals surface area contributed by atoms with Gasteiger partial charge < -0.3 is 24.4 Å². The normalized spacial score (nSPS) is 14.6. The fourth-order valence-electron chi connectivity index (χ4n) is 5.36. The lowest BCUT2D eigenvalue weighted by molar-refractivity contribution is -0.170. The van der Waals surface area contributed by atoms with Gasteiger partial charge >= 0.3 is 36.1 Å². The van der Waals surface area contributed by atoms with Crippen molar-refractivity contribution in [2.75, 3.05) is 22.9 Å². The zero-order chi connectivity index (χ0) is 32.4. The molecule has 9 nitrogen and oxygen atoms in total. The Labute approximate surface area is 244 Å². The number of aromatic carboxylic acids is 1. The minimum Gasteiger partial charge on any atom is -0.478 e. The van der Waals surface area contributed by atoms with Gasteiger partial charge in [-0.25, -0.2) is 9.59 Å². The van der Waals surface area contributed by atoms with E-state index in [0.717, 1.165) is 24.3 Å². The molecule has 2 heterocycles. The van der Waals surface area contributed by atoms with Gasteiger partial charge in [-0.15, -0.1) is 0 Å². The van der Waals surface area contributed by atoms with E-state index in [1.807, 2.05) is 0 Å². The van der Waals surface area contributed by atoms with Gasteiger partial charge in [0.25, 0.3) is 0 Å². The molecule has 230 valence electrons. The molecule has 2 amide bonds. The first-order valence-corrected chi connectivity index (χ1v) is 12.9. The third-order valence-electron chi connectivity index (χ3n) is 7.25. The number of anilines is 2. The summed E-state index contributed by atoms with van der Waals surface area (Å²) in [6.07, 6.45) is -10.4. The van der Waals surface area contributed by atoms with E-state index in [2.05, 4.69) is 0 Å². The van der Waals surface area contributed by atoms with Gasteiger partial charge in [0.1, 0.15) is 11.5 Å². The number of hydrogen-bond donors (Lipinski definition) is 1. The van der Waals surface area contributed by atoms with Crippen LogP contribution in [-0.4, -0.2) is 54.3 Å². The van der Waals surface area contributed by atoms with Crippen molar-refractivity contribution in [2.24, 2.45) is 0 Å². The molecule has 3 aromatic rings. The van der Waals surface area contributed by atoms with E-state index in [0.29, 0.717) is 9.80 Å². The monoisotopic (exact) mass is 622 g/mol. The molecule has 1 N–H and O–H groups in total. The summed E-state index contributed by atoms with van der Waals surface area (Å²) in [7, 11) is 0. The molecule has 0 atom stereocenters. The van der Waals surface area contributed by atoms with E-state index < -0.39 is 54.8 Å². The lowest BCUT2D eigenvalue weighted by atomic mass is 9.77. The van der Waals surface area contributed by atoms with Crippen LogP contribution in [0, 0.1) is 0 Å². The van der Waals surface area contributed by atoms with Gasteiger partial charge in [0, 0.05) is 53.3 Å². The summed E-state index contributed by atoms with van der Waals surface area (Å²) in [6, 6.07) is 10.5. The summed E-state index contributed by atoms with van der Waals surface area (Å²) >= 11 is 0. The SMILES string of the molecule is CCN(C(=O)C(F)(F)F)c1ccc2c(c1)Oc1cc(N(CC)C(=O)C(F)(F)F)ccc1C21OC(=O)c2ccc(C(=O)O)cc21. The second-order valence-corrected chi connectivity index (χ2v) is 9.69. The lowest BCUT2D eigenvalue weighted by Gasteiger charge is -2.37. The summed E-state index contributed by atoms with van der Waals surface area (Å²) in [4.78, 5) is 50.0. The highest BCUT2D eigenvalue weighted by atomic mass is 19.4. The number of benzene rings is 3. The maximum Gasteiger partial charge on any atom is 0.471 e. The Kier molecular flexibility index (Phi) is 7.10. The zero-order valence-electron chi connectivity index (χ0n) is 22.7. The van der Waals surface area contributed by atoms with Crippen LogP contribution in [0.3, 0.4) is 0 Å². The number of carboxylic acid groups (broad SMARTS) is 1. The van der Waals surface area contributed by atoms with Crippen LogP contribution in [-0.2, 0) is 19.9 Å². The van der Waals surface area contributed by atoms with Crippen LogP contribution >= 0.6 is 0 Å². The molecule has 0 radical (unpaired) electrons. The molecule has 5 rings (SSSR count). The van der Waals surface area contributed by atoms with E-state index in [4.69, 9.17) is 9.47 Å². The van der Waals surface area contributed by atoms with Crippen molar-refractivity contribution in [3.63, 3.8) is 0 Å². The van der Waals surface area contributed by atoms with E-state index in [1.165, 1.54) is 44.2 Å². The summed E-state index contributed by atoms with van der Waals surface area (Å²) < 4.78 is 91.8. The van der Waals surface area contributed by atoms with Crippen molar-refractivity contribution >= 4 is 35.1 Å². The number of hydrogen-bond acceptors (Lipinski definition) is 6. The molecule has 1 spiro atoms. The van der Waals surface area contributed by atoms with Gasteiger partial charge in [0.2, 0.25) is 0 Å². The number of alkyl halides is 6. The quantitative estimate of drug-likeness (QED) is 0.284. The van der Waals surface area contributed by atoms with Crippen LogP contribution in [0.15, 0.2) is 54.6 Å². The van der Waals surface area contributed by atoms with Gasteiger partial charge in [-0.2, -0.15) is 26.3 Å². The Morgan fingerprint density at radius 3 is 1.64 bits per heavy atom. The van der Waals surface area contributed by atoms with E-state index >= 15 is 0 Å². The van der Waals surface area contributed by atoms with E-state index in [1.54, 1.807) is 0 Å². The van der Waals surface area contributed by atoms with Crippen molar-refractivity contribution in [1.29, 1.82) is 0 Å². The molecule has 0 aromatic heterocycles. The van der Waals surface area contributed by atoms with Crippen LogP contribution in [0.5, 0.6) is 11.5 Å². The third kappa shape index (κ3) is 4.68. The molecule has 0 saturated carbocycles. The van der Waals surface area contributed by atoms with Gasteiger partial charge in [-0.1, -0.05) is 0 Å². The Morgan fingerprint density at radius 1 is 0.750 bits per heavy atom. The molecular formula is C29H20F6N2O7. The van der Waals surface area contributed by atoms with Crippen LogP contribution < -0.4 is 14.5 Å². The van der Waals surface area contributed by atoms with Crippen LogP contribution in [0.1, 0.15) is 51.3 Å². The summed E-state index contributed by atoms with van der Waals surface area (Å²) in [5.41, 5.74) is -2.71. The van der Waals surface area contributed by atoms with Crippen molar-refractivity contribution in [1.82, 2.24) is 0 Å². The summed E-state index contributed by atoms with van der Waals surface area (Å²) in [5, 5.41) is 9.63. The fourth-order valence-corrected chi connectivity index (χ4v) is 5.36. The smallest absolute Gasteiger partial charge is 0.471 e. The highest BCUT2D eigenvalue weighted by Crippen LogP contribution is 2.57. The standard InChI is InChI=1S/C29H20F6N2O7/c1-3-36(25(41)28(30,31)32)15-6-9-18-21(12-15)43-22-13-16(37(4-2)26(42)29(33,34)35)7-10-19(22)27(18)20-11-14(23(38)39)5-8-17(20)24(40)44-27/h5-13H,3-4H2,1-2H3,(H,38,39). The van der Waals surface area contributed by atoms with Gasteiger partial charge in [0.15, 0.2) is 5.60 Å². The molecule has 2 aliphatic heterocycles. The first kappa shape index (κ1) is 30.4. The minimum atomic E-state index is -5.22. The average Bonchev–Trinajstić information content (AvgIpc) is 3.24. The first-order valence-electron chi connectivity index (χ1n) is 12.9. The van der Waals surface area contributed by atoms with Crippen molar-refractivity contribution in [3.05, 3.63) is 82.4 Å². The number of carbonyl (C=O) groups is 4. The first-order chi connectivity index (χ1) is 20.5. The van der Waals surface area contributed by atoms with E-state index in [9.17, 15) is 50.6 Å². The number of amides is 2. The summed E-state index contributed by atoms with van der Waals surface area (Å²) in [5.74, 6) is -7.09. The molecular weight excluding hydrogens is 602 g/mol. The molecule has 0 aliphatic carbocycles. The van der Waals surface area contributed by atoms with Crippen molar-refractivity contribution < 1.29 is 60.1 Å². The molecule has 44 heavy (non-hydrogen) atoms. The fraction of sp³-hybridized carbons (Fsp3) is 0.241. The molecule has 0 bridgehead atoms. The van der Waals surface area contributed by atoms with Crippen molar-refractivity contribution in [2.45, 2.75) is 31.8 Å². The second-order valence-electron chi connectivity index (χ2n) is 9.69. The van der Waals surface area contributed by atoms with Gasteiger partial charge in [-0.3, -0.25) is 9.59 Å². The lowest BCUT2D eigenvalue weighted by Crippen LogP contribution is -2.41. The molecule has 0 saturated heterocycles. The van der Waals surface area contributed by atoms with Crippen LogP contribution in [0.4, 0.5) is 37.7 Å². The number of rotatable bonds is 5. The Bertz CT molecular complexity index is 1650. The molecule has 0 fully saturated rings. The number of carbonyl (C=O) groups excluding carboxylic acids is 3. The highest BCUT2D eigenvalue weighted by Gasteiger charge is 2.54. The maximum atomic E-state index is 13.3. The second kappa shape index (κ2) is 10.3. The number of fused-ring (bicyclic) bond motifs is 6. The Morgan fingerprint density at radius 2 is 1.23 bits per heavy atom.